The molecule has 35 heavy (non-hydrogen) atoms. The van der Waals surface area contributed by atoms with Gasteiger partial charge in [0.2, 0.25) is 0 Å². The van der Waals surface area contributed by atoms with E-state index in [1.54, 1.807) is 37.5 Å². The third-order valence-corrected chi connectivity index (χ3v) is 6.14. The molecule has 0 N–H and O–H groups in total. The molecular weight excluding hydrogens is 503 g/mol. The van der Waals surface area contributed by atoms with E-state index in [2.05, 4.69) is 9.51 Å². The van der Waals surface area contributed by atoms with E-state index in [9.17, 15) is 23.9 Å². The van der Waals surface area contributed by atoms with Gasteiger partial charge in [-0.15, -0.1) is 0 Å². The summed E-state index contributed by atoms with van der Waals surface area (Å²) in [4.78, 5) is 52.7. The molecule has 0 saturated carbocycles. The minimum atomic E-state index is -5.19. The van der Waals surface area contributed by atoms with Crippen LogP contribution >= 0.6 is 7.82 Å². The number of benzene rings is 1. The van der Waals surface area contributed by atoms with Crippen LogP contribution in [0.4, 0.5) is 15.3 Å². The van der Waals surface area contributed by atoms with Crippen molar-refractivity contribution in [3.8, 4) is 16.9 Å². The van der Waals surface area contributed by atoms with Crippen molar-refractivity contribution in [2.24, 2.45) is 0 Å². The summed E-state index contributed by atoms with van der Waals surface area (Å²) in [5.41, 5.74) is 2.68. The summed E-state index contributed by atoms with van der Waals surface area (Å²) in [6.07, 6.45) is -0.784. The third kappa shape index (κ3) is 5.88. The molecular formula is C20H18N3Na2O9P. The molecule has 3 aliphatic rings. The van der Waals surface area contributed by atoms with Gasteiger partial charge in [-0.1, -0.05) is 12.1 Å². The molecule has 0 bridgehead atoms. The number of carbonyl (C=O) groups is 2. The number of phosphoric acid groups is 1. The monoisotopic (exact) mass is 521 g/mol. The molecule has 2 amide bonds. The first-order valence-corrected chi connectivity index (χ1v) is 11.5. The number of fused-ring (bicyclic) bond motifs is 3. The molecule has 1 aromatic carbocycles. The normalized spacial score (nSPS) is 22.8. The zero-order chi connectivity index (χ0) is 23.3. The molecule has 3 atom stereocenters. The van der Waals surface area contributed by atoms with Crippen LogP contribution in [0.3, 0.4) is 0 Å². The van der Waals surface area contributed by atoms with E-state index in [0.29, 0.717) is 23.7 Å². The standard InChI is InChI=1S/C20H20N3O9P.2Na/c1-22-8-17(31-19(22)24)13-4-2-12(7-21-13)11-3-5-14-16(6-11)29-9-15-18(10-30-33(26,27)28)32-20(25)23(14)15;;/h2-7,15,17-18H,8-10H2,1H3,(H2,26,27,28);;/q;2*+1/p-2/t15-,17-,18-;;/m0../s1. The van der Waals surface area contributed by atoms with Gasteiger partial charge in [0.05, 0.1) is 32.4 Å². The number of likely N-dealkylation sites (N-methyl/N-ethyl adjacent to an activating group) is 1. The van der Waals surface area contributed by atoms with Crippen molar-refractivity contribution in [3.63, 3.8) is 0 Å². The fraction of sp³-hybridized carbons (Fsp3) is 0.350. The van der Waals surface area contributed by atoms with Crippen molar-refractivity contribution in [1.29, 1.82) is 0 Å². The molecule has 5 rings (SSSR count). The average Bonchev–Trinajstić information content (AvgIpc) is 3.30. The second-order valence-corrected chi connectivity index (χ2v) is 8.97. The summed E-state index contributed by atoms with van der Waals surface area (Å²) in [7, 11) is -3.53. The van der Waals surface area contributed by atoms with Crippen LogP contribution in [0.2, 0.25) is 0 Å². The molecule has 0 radical (unpaired) electrons. The van der Waals surface area contributed by atoms with Gasteiger partial charge in [-0.05, 0) is 23.8 Å². The molecule has 2 aromatic rings. The first-order chi connectivity index (χ1) is 15.7. The average molecular weight is 521 g/mol. The topological polar surface area (TPSA) is 154 Å². The minimum Gasteiger partial charge on any atom is -0.790 e. The predicted molar refractivity (Wildman–Crippen MR) is 107 cm³/mol. The second kappa shape index (κ2) is 11.1. The van der Waals surface area contributed by atoms with Crippen LogP contribution in [0.5, 0.6) is 5.75 Å². The number of hydrogen-bond acceptors (Lipinski definition) is 10. The molecule has 3 aliphatic heterocycles. The Balaban J connectivity index is 0.00000171. The molecule has 2 fully saturated rings. The number of anilines is 1. The fourth-order valence-corrected chi connectivity index (χ4v) is 4.34. The fourth-order valence-electron chi connectivity index (χ4n) is 4.01. The van der Waals surface area contributed by atoms with Gasteiger partial charge in [0.1, 0.15) is 18.4 Å². The maximum absolute atomic E-state index is 12.4. The predicted octanol–water partition coefficient (Wildman–Crippen LogP) is -5.19. The largest absolute Gasteiger partial charge is 1.00 e. The number of cyclic esters (lactones) is 2. The number of aromatic nitrogens is 1. The van der Waals surface area contributed by atoms with E-state index in [1.165, 1.54) is 9.80 Å². The van der Waals surface area contributed by atoms with Crippen LogP contribution in [0.1, 0.15) is 11.8 Å². The van der Waals surface area contributed by atoms with Crippen LogP contribution in [-0.4, -0.2) is 61.0 Å². The number of nitrogens with zero attached hydrogens (tertiary/aromatic N) is 3. The van der Waals surface area contributed by atoms with E-state index in [1.807, 2.05) is 6.07 Å². The van der Waals surface area contributed by atoms with Gasteiger partial charge in [-0.2, -0.15) is 0 Å². The van der Waals surface area contributed by atoms with Gasteiger partial charge < -0.3 is 38.0 Å². The molecule has 0 spiro atoms. The summed E-state index contributed by atoms with van der Waals surface area (Å²) in [5.74, 6) is 0.441. The van der Waals surface area contributed by atoms with E-state index < -0.39 is 38.8 Å². The van der Waals surface area contributed by atoms with Crippen molar-refractivity contribution in [3.05, 3.63) is 42.2 Å². The van der Waals surface area contributed by atoms with Gasteiger partial charge in [0.15, 0.2) is 12.2 Å². The number of amides is 2. The van der Waals surface area contributed by atoms with Gasteiger partial charge >= 0.3 is 71.3 Å². The van der Waals surface area contributed by atoms with E-state index in [0.717, 1.165) is 11.1 Å². The molecule has 174 valence electrons. The van der Waals surface area contributed by atoms with Crippen LogP contribution in [0.15, 0.2) is 36.5 Å². The summed E-state index contributed by atoms with van der Waals surface area (Å²) in [6.45, 7) is -0.105. The summed E-state index contributed by atoms with van der Waals surface area (Å²) >= 11 is 0. The van der Waals surface area contributed by atoms with Crippen LogP contribution < -0.4 is 78.5 Å². The Kier molecular flexibility index (Phi) is 8.97. The molecule has 0 unspecified atom stereocenters. The Morgan fingerprint density at radius 2 is 1.86 bits per heavy atom. The Labute approximate surface area is 244 Å². The third-order valence-electron chi connectivity index (χ3n) is 5.68. The van der Waals surface area contributed by atoms with Crippen molar-refractivity contribution in [2.45, 2.75) is 18.2 Å². The summed E-state index contributed by atoms with van der Waals surface area (Å²) < 4.78 is 31.3. The van der Waals surface area contributed by atoms with E-state index in [-0.39, 0.29) is 71.8 Å². The number of hydrogen-bond donors (Lipinski definition) is 0. The smallest absolute Gasteiger partial charge is 0.790 e. The van der Waals surface area contributed by atoms with Gasteiger partial charge in [0, 0.05) is 18.8 Å². The number of pyridine rings is 1. The number of ether oxygens (including phenoxy) is 3. The van der Waals surface area contributed by atoms with Gasteiger partial charge in [0.25, 0.3) is 0 Å². The SMILES string of the molecule is CN1C[C@@H](c2ccc(-c3ccc4c(c3)OC[C@H]3[C@H](COP(=O)([O-])[O-])OC(=O)N43)cn2)OC1=O.[Na+].[Na+]. The van der Waals surface area contributed by atoms with Crippen molar-refractivity contribution >= 4 is 25.7 Å². The van der Waals surface area contributed by atoms with Crippen LogP contribution in [0, 0.1) is 0 Å². The minimum absolute atomic E-state index is 0. The zero-order valence-corrected chi connectivity index (χ0v) is 24.2. The van der Waals surface area contributed by atoms with Crippen LogP contribution in [0.25, 0.3) is 11.1 Å². The molecule has 1 aromatic heterocycles. The quantitative estimate of drug-likeness (QED) is 0.276. The number of rotatable bonds is 5. The first-order valence-electron chi connectivity index (χ1n) is 10.0. The van der Waals surface area contributed by atoms with Gasteiger partial charge in [-0.25, -0.2) is 9.59 Å². The van der Waals surface area contributed by atoms with Crippen LogP contribution in [-0.2, 0) is 18.6 Å². The Bertz CT molecular complexity index is 1160. The van der Waals surface area contributed by atoms with E-state index in [4.69, 9.17) is 14.2 Å². The van der Waals surface area contributed by atoms with Gasteiger partial charge in [-0.3, -0.25) is 9.88 Å². The molecule has 2 saturated heterocycles. The first kappa shape index (κ1) is 28.4. The van der Waals surface area contributed by atoms with Crippen molar-refractivity contribution in [1.82, 2.24) is 9.88 Å². The molecule has 15 heteroatoms. The second-order valence-electron chi connectivity index (χ2n) is 7.82. The summed E-state index contributed by atoms with van der Waals surface area (Å²) in [5, 5.41) is 0. The molecule has 12 nitrogen and oxygen atoms in total. The Morgan fingerprint density at radius 1 is 1.11 bits per heavy atom. The summed E-state index contributed by atoms with van der Waals surface area (Å²) in [6, 6.07) is 8.24. The van der Waals surface area contributed by atoms with E-state index >= 15 is 0 Å². The zero-order valence-electron chi connectivity index (χ0n) is 19.3. The maximum Gasteiger partial charge on any atom is 1.00 e. The maximum atomic E-state index is 12.4. The Morgan fingerprint density at radius 3 is 2.49 bits per heavy atom. The number of carbonyl (C=O) groups excluding carboxylic acids is 2. The number of phosphoric ester groups is 1. The van der Waals surface area contributed by atoms with Crippen molar-refractivity contribution in [2.75, 3.05) is 31.7 Å². The molecule has 0 aliphatic carbocycles. The Hall–Kier alpha value is -1.18. The molecule has 4 heterocycles. The van der Waals surface area contributed by atoms with Crippen molar-refractivity contribution < 1.29 is 102 Å².